The Morgan fingerprint density at radius 3 is 1.51 bits per heavy atom. The van der Waals surface area contributed by atoms with E-state index in [2.05, 4.69) is 187 Å². The van der Waals surface area contributed by atoms with Gasteiger partial charge in [-0.3, -0.25) is 0 Å². The number of hydrogen-bond acceptors (Lipinski definition) is 6. The zero-order valence-corrected chi connectivity index (χ0v) is 37.4. The van der Waals surface area contributed by atoms with Gasteiger partial charge >= 0.3 is 0 Å². The highest BCUT2D eigenvalue weighted by molar-refractivity contribution is 5.86. The number of para-hydroxylation sites is 6. The third-order valence-corrected chi connectivity index (χ3v) is 12.3. The van der Waals surface area contributed by atoms with Gasteiger partial charge in [-0.25, -0.2) is 9.97 Å². The van der Waals surface area contributed by atoms with Crippen LogP contribution in [0.5, 0.6) is 0 Å². The van der Waals surface area contributed by atoms with Gasteiger partial charge < -0.3 is 18.6 Å². The van der Waals surface area contributed by atoms with Gasteiger partial charge in [0.1, 0.15) is 11.0 Å². The van der Waals surface area contributed by atoms with Crippen LogP contribution in [0.15, 0.2) is 264 Å². The zero-order chi connectivity index (χ0) is 45.8. The number of anilines is 6. The van der Waals surface area contributed by atoms with E-state index in [1.807, 2.05) is 66.7 Å². The molecule has 0 N–H and O–H groups in total. The molecule has 6 heteroatoms. The van der Waals surface area contributed by atoms with Gasteiger partial charge in [-0.05, 0) is 174 Å². The summed E-state index contributed by atoms with van der Waals surface area (Å²) in [6.07, 6.45) is 10.5. The Morgan fingerprint density at radius 2 is 0.971 bits per heavy atom. The summed E-state index contributed by atoms with van der Waals surface area (Å²) >= 11 is 0. The molecule has 1 aliphatic rings. The molecule has 8 aromatic carbocycles. The molecule has 0 radical (unpaired) electrons. The van der Waals surface area contributed by atoms with Crippen LogP contribution in [0, 0.1) is 0 Å². The number of oxazole rings is 2. The molecule has 0 spiro atoms. The highest BCUT2D eigenvalue weighted by Gasteiger charge is 2.18. The van der Waals surface area contributed by atoms with Crippen molar-refractivity contribution >= 4 is 67.5 Å². The minimum Gasteiger partial charge on any atom is -0.436 e. The number of rotatable bonds is 13. The lowest BCUT2D eigenvalue weighted by atomic mass is 9.89. The molecule has 0 saturated heterocycles. The van der Waals surface area contributed by atoms with Gasteiger partial charge in [0.2, 0.25) is 11.8 Å². The first-order chi connectivity index (χ1) is 33.5. The molecule has 0 saturated carbocycles. The minimum absolute atomic E-state index is 0.599. The average Bonchev–Trinajstić information content (AvgIpc) is 4.05. The molecule has 2 aromatic heterocycles. The van der Waals surface area contributed by atoms with Gasteiger partial charge in [0.15, 0.2) is 11.2 Å². The summed E-state index contributed by atoms with van der Waals surface area (Å²) in [4.78, 5) is 14.0. The molecule has 0 aliphatic heterocycles. The topological polar surface area (TPSA) is 58.5 Å². The van der Waals surface area contributed by atoms with Crippen molar-refractivity contribution in [3.63, 3.8) is 0 Å². The van der Waals surface area contributed by atoms with Gasteiger partial charge in [0.05, 0.1) is 0 Å². The molecule has 0 bridgehead atoms. The van der Waals surface area contributed by atoms with Crippen molar-refractivity contribution in [2.75, 3.05) is 9.80 Å². The number of benzene rings is 8. The van der Waals surface area contributed by atoms with Crippen molar-refractivity contribution in [1.29, 1.82) is 0 Å². The highest BCUT2D eigenvalue weighted by Crippen LogP contribution is 2.40. The van der Waals surface area contributed by atoms with Crippen LogP contribution in [-0.2, 0) is 0 Å². The number of nitrogens with zero attached hydrogens (tertiary/aromatic N) is 4. The molecule has 1 aliphatic carbocycles. The fraction of sp³-hybridized carbons (Fsp3) is 0.0323. The lowest BCUT2D eigenvalue weighted by molar-refractivity contribution is 0.619. The van der Waals surface area contributed by atoms with Crippen LogP contribution in [-0.4, -0.2) is 9.97 Å². The Kier molecular flexibility index (Phi) is 11.3. The number of hydrogen-bond donors (Lipinski definition) is 0. The van der Waals surface area contributed by atoms with Crippen molar-refractivity contribution < 1.29 is 8.83 Å². The average molecular weight is 879 g/mol. The molecule has 68 heavy (non-hydrogen) atoms. The van der Waals surface area contributed by atoms with E-state index >= 15 is 0 Å². The predicted molar refractivity (Wildman–Crippen MR) is 281 cm³/mol. The Bertz CT molecular complexity index is 3480. The minimum atomic E-state index is 0.599. The predicted octanol–water partition coefficient (Wildman–Crippen LogP) is 17.2. The van der Waals surface area contributed by atoms with Crippen LogP contribution in [0.3, 0.4) is 0 Å². The summed E-state index contributed by atoms with van der Waals surface area (Å²) in [6.45, 7) is 8.89. The maximum atomic E-state index is 6.09. The third kappa shape index (κ3) is 8.50. The van der Waals surface area contributed by atoms with Crippen molar-refractivity contribution in [2.45, 2.75) is 12.8 Å². The fourth-order valence-electron chi connectivity index (χ4n) is 8.89. The molecule has 0 fully saturated rings. The standard InChI is InChI=1S/C62H46N4O2/c1-3-44(49-19-15-25-55(41-49)65(51-21-6-4-7-22-51)53-35-31-45(32-36-53)61-63-57-27-10-12-29-59(57)67-61)39-43(2)47-17-14-18-48(40-47)50-20-16-26-56(42-50)66(52-23-8-5-9-24-52)54-37-33-46(34-38-54)62-64-58-28-11-13-30-60(58)68-62/h3-13,15-16,18-42H,1-2,14,17H2/b44-39+. The number of fused-ring (bicyclic) bond motifs is 2. The maximum absolute atomic E-state index is 6.09. The first kappa shape index (κ1) is 41.7. The van der Waals surface area contributed by atoms with Crippen LogP contribution >= 0.6 is 0 Å². The van der Waals surface area contributed by atoms with Crippen molar-refractivity contribution in [3.05, 3.63) is 266 Å². The maximum Gasteiger partial charge on any atom is 0.227 e. The van der Waals surface area contributed by atoms with E-state index in [0.29, 0.717) is 11.8 Å². The van der Waals surface area contributed by atoms with Gasteiger partial charge in [-0.2, -0.15) is 0 Å². The Labute approximate surface area is 396 Å². The van der Waals surface area contributed by atoms with E-state index < -0.39 is 0 Å². The molecule has 0 unspecified atom stereocenters. The molecule has 2 heterocycles. The molecule has 6 nitrogen and oxygen atoms in total. The smallest absolute Gasteiger partial charge is 0.227 e. The molecule has 0 amide bonds. The molecule has 10 aromatic rings. The number of aromatic nitrogens is 2. The Balaban J connectivity index is 0.860. The van der Waals surface area contributed by atoms with E-state index in [1.165, 1.54) is 11.1 Å². The van der Waals surface area contributed by atoms with E-state index in [-0.39, 0.29) is 0 Å². The van der Waals surface area contributed by atoms with Crippen LogP contribution in [0.25, 0.3) is 56.3 Å². The van der Waals surface area contributed by atoms with E-state index in [1.54, 1.807) is 0 Å². The largest absolute Gasteiger partial charge is 0.436 e. The second-order valence-corrected chi connectivity index (χ2v) is 16.7. The summed E-state index contributed by atoms with van der Waals surface area (Å²) in [5.41, 5.74) is 17.8. The van der Waals surface area contributed by atoms with Gasteiger partial charge in [0.25, 0.3) is 0 Å². The third-order valence-electron chi connectivity index (χ3n) is 12.3. The summed E-state index contributed by atoms with van der Waals surface area (Å²) in [5, 5.41) is 0. The number of allylic oxidation sites excluding steroid dienone is 8. The zero-order valence-electron chi connectivity index (χ0n) is 37.4. The first-order valence-corrected chi connectivity index (χ1v) is 22.8. The second kappa shape index (κ2) is 18.5. The van der Waals surface area contributed by atoms with E-state index in [9.17, 15) is 0 Å². The van der Waals surface area contributed by atoms with Crippen LogP contribution in [0.4, 0.5) is 34.1 Å². The van der Waals surface area contributed by atoms with Gasteiger partial charge in [0, 0.05) is 45.3 Å². The SMILES string of the molecule is C=C/C(=C\C(=C)C1=CC(c2cccc(N(c3ccccc3)c3ccc(-c4nc5ccccc5o4)cc3)c2)=CCC1)c1cccc(N(c2ccccc2)c2ccc(-c3nc4ccccc4o3)cc2)c1. The van der Waals surface area contributed by atoms with Crippen molar-refractivity contribution in [2.24, 2.45) is 0 Å². The Morgan fingerprint density at radius 1 is 0.485 bits per heavy atom. The molecule has 11 rings (SSSR count). The van der Waals surface area contributed by atoms with Crippen molar-refractivity contribution in [1.82, 2.24) is 9.97 Å². The van der Waals surface area contributed by atoms with Gasteiger partial charge in [-0.15, -0.1) is 0 Å². The fourth-order valence-corrected chi connectivity index (χ4v) is 8.89. The van der Waals surface area contributed by atoms with Crippen molar-refractivity contribution in [3.8, 4) is 22.9 Å². The van der Waals surface area contributed by atoms with E-state index in [0.717, 1.165) is 103 Å². The molecule has 326 valence electrons. The summed E-state index contributed by atoms with van der Waals surface area (Å²) < 4.78 is 12.2. The highest BCUT2D eigenvalue weighted by atomic mass is 16.4. The normalized spacial score (nSPS) is 12.7. The monoisotopic (exact) mass is 878 g/mol. The van der Waals surface area contributed by atoms with Crippen LogP contribution in [0.1, 0.15) is 24.0 Å². The lowest BCUT2D eigenvalue weighted by Gasteiger charge is -2.26. The summed E-state index contributed by atoms with van der Waals surface area (Å²) in [6, 6.07) is 70.7. The molecular weight excluding hydrogens is 833 g/mol. The molecular formula is C62H46N4O2. The van der Waals surface area contributed by atoms with Crippen LogP contribution in [0.2, 0.25) is 0 Å². The van der Waals surface area contributed by atoms with E-state index in [4.69, 9.17) is 18.8 Å². The first-order valence-electron chi connectivity index (χ1n) is 22.8. The molecule has 0 atom stereocenters. The van der Waals surface area contributed by atoms with Crippen LogP contribution < -0.4 is 9.80 Å². The Hall–Kier alpha value is -9.00. The summed E-state index contributed by atoms with van der Waals surface area (Å²) in [5.74, 6) is 1.20. The second-order valence-electron chi connectivity index (χ2n) is 16.7. The quantitative estimate of drug-likeness (QED) is 0.108. The van der Waals surface area contributed by atoms with Gasteiger partial charge in [-0.1, -0.05) is 116 Å². The summed E-state index contributed by atoms with van der Waals surface area (Å²) in [7, 11) is 0. The lowest BCUT2D eigenvalue weighted by Crippen LogP contribution is -2.10.